The van der Waals surface area contributed by atoms with Gasteiger partial charge in [0.05, 0.1) is 16.8 Å². The molecule has 126 valence electrons. The SMILES string of the molecule is CCOC(=O)Cn1c(=NS(=O)(=O)c2cccs2)sc2ccccc21. The van der Waals surface area contributed by atoms with Gasteiger partial charge in [-0.05, 0) is 30.5 Å². The Bertz CT molecular complexity index is 1030. The van der Waals surface area contributed by atoms with Crippen LogP contribution in [-0.4, -0.2) is 25.6 Å². The van der Waals surface area contributed by atoms with Gasteiger partial charge in [0.15, 0.2) is 0 Å². The first kappa shape index (κ1) is 16.9. The van der Waals surface area contributed by atoms with Gasteiger partial charge in [0.2, 0.25) is 4.80 Å². The molecule has 3 aromatic rings. The molecule has 0 aliphatic heterocycles. The van der Waals surface area contributed by atoms with Gasteiger partial charge in [-0.3, -0.25) is 4.79 Å². The predicted octanol–water partition coefficient (Wildman–Crippen LogP) is 2.62. The fourth-order valence-electron chi connectivity index (χ4n) is 2.14. The lowest BCUT2D eigenvalue weighted by Crippen LogP contribution is -2.23. The van der Waals surface area contributed by atoms with Gasteiger partial charge in [0.1, 0.15) is 10.8 Å². The molecule has 24 heavy (non-hydrogen) atoms. The molecule has 0 amide bonds. The zero-order chi connectivity index (χ0) is 17.2. The Balaban J connectivity index is 2.17. The fraction of sp³-hybridized carbons (Fsp3) is 0.200. The van der Waals surface area contributed by atoms with E-state index < -0.39 is 16.0 Å². The summed E-state index contributed by atoms with van der Waals surface area (Å²) in [5.41, 5.74) is 0.746. The number of thiazole rings is 1. The van der Waals surface area contributed by atoms with Crippen LogP contribution < -0.4 is 4.80 Å². The molecular weight excluding hydrogens is 368 g/mol. The van der Waals surface area contributed by atoms with Crippen molar-refractivity contribution in [2.24, 2.45) is 4.40 Å². The quantitative estimate of drug-likeness (QED) is 0.636. The van der Waals surface area contributed by atoms with Crippen LogP contribution in [-0.2, 0) is 26.1 Å². The molecule has 0 aliphatic carbocycles. The first-order chi connectivity index (χ1) is 11.5. The number of ether oxygens (including phenoxy) is 1. The molecule has 0 N–H and O–H groups in total. The first-order valence-electron chi connectivity index (χ1n) is 7.10. The molecule has 0 aliphatic rings. The van der Waals surface area contributed by atoms with Crippen molar-refractivity contribution in [3.63, 3.8) is 0 Å². The van der Waals surface area contributed by atoms with E-state index in [1.54, 1.807) is 22.9 Å². The summed E-state index contributed by atoms with van der Waals surface area (Å²) in [6.07, 6.45) is 0. The average molecular weight is 382 g/mol. The molecule has 6 nitrogen and oxygen atoms in total. The Morgan fingerprint density at radius 1 is 1.25 bits per heavy atom. The van der Waals surface area contributed by atoms with E-state index in [4.69, 9.17) is 4.74 Å². The van der Waals surface area contributed by atoms with Crippen molar-refractivity contribution < 1.29 is 17.9 Å². The molecule has 2 heterocycles. The van der Waals surface area contributed by atoms with Crippen LogP contribution in [0.2, 0.25) is 0 Å². The number of sulfonamides is 1. The van der Waals surface area contributed by atoms with Gasteiger partial charge < -0.3 is 9.30 Å². The molecule has 0 unspecified atom stereocenters. The number of esters is 1. The number of hydrogen-bond donors (Lipinski definition) is 0. The smallest absolute Gasteiger partial charge is 0.326 e. The maximum atomic E-state index is 12.4. The molecule has 0 spiro atoms. The normalized spacial score (nSPS) is 12.6. The highest BCUT2D eigenvalue weighted by Gasteiger charge is 2.17. The second kappa shape index (κ2) is 6.88. The van der Waals surface area contributed by atoms with Gasteiger partial charge in [-0.15, -0.1) is 15.7 Å². The third-order valence-corrected chi connectivity index (χ3v) is 6.94. The summed E-state index contributed by atoms with van der Waals surface area (Å²) in [5, 5.41) is 1.68. The van der Waals surface area contributed by atoms with Gasteiger partial charge in [-0.1, -0.05) is 29.5 Å². The van der Waals surface area contributed by atoms with Crippen LogP contribution in [0.4, 0.5) is 0 Å². The molecule has 1 aromatic carbocycles. The van der Waals surface area contributed by atoms with Crippen molar-refractivity contribution in [2.75, 3.05) is 6.61 Å². The number of aromatic nitrogens is 1. The van der Waals surface area contributed by atoms with Gasteiger partial charge >= 0.3 is 5.97 Å². The Hall–Kier alpha value is -1.97. The predicted molar refractivity (Wildman–Crippen MR) is 93.5 cm³/mol. The molecule has 0 saturated heterocycles. The van der Waals surface area contributed by atoms with Crippen molar-refractivity contribution >= 4 is 48.9 Å². The van der Waals surface area contributed by atoms with E-state index in [9.17, 15) is 13.2 Å². The molecule has 0 saturated carbocycles. The minimum absolute atomic E-state index is 0.0867. The Morgan fingerprint density at radius 2 is 2.04 bits per heavy atom. The van der Waals surface area contributed by atoms with Gasteiger partial charge in [-0.25, -0.2) is 0 Å². The first-order valence-corrected chi connectivity index (χ1v) is 10.2. The van der Waals surface area contributed by atoms with Gasteiger partial charge in [0, 0.05) is 0 Å². The number of fused-ring (bicyclic) bond motifs is 1. The monoisotopic (exact) mass is 382 g/mol. The summed E-state index contributed by atoms with van der Waals surface area (Å²) in [6, 6.07) is 10.5. The number of hydrogen-bond acceptors (Lipinski definition) is 6. The zero-order valence-corrected chi connectivity index (χ0v) is 15.2. The molecular formula is C15H14N2O4S3. The minimum Gasteiger partial charge on any atom is -0.465 e. The lowest BCUT2D eigenvalue weighted by Gasteiger charge is -2.04. The fourth-order valence-corrected chi connectivity index (χ4v) is 5.34. The highest BCUT2D eigenvalue weighted by atomic mass is 32.2. The van der Waals surface area contributed by atoms with Crippen LogP contribution in [0.15, 0.2) is 50.4 Å². The highest BCUT2D eigenvalue weighted by molar-refractivity contribution is 7.92. The molecule has 0 radical (unpaired) electrons. The van der Waals surface area contributed by atoms with Crippen LogP contribution in [0, 0.1) is 0 Å². The van der Waals surface area contributed by atoms with Crippen molar-refractivity contribution in [1.29, 1.82) is 0 Å². The minimum atomic E-state index is -3.81. The average Bonchev–Trinajstić information content (AvgIpc) is 3.17. The summed E-state index contributed by atoms with van der Waals surface area (Å²) in [6.45, 7) is 1.90. The lowest BCUT2D eigenvalue weighted by molar-refractivity contribution is -0.143. The molecule has 9 heteroatoms. The number of rotatable bonds is 5. The number of carbonyl (C=O) groups excluding carboxylic acids is 1. The Morgan fingerprint density at radius 3 is 2.75 bits per heavy atom. The number of thiophene rings is 1. The summed E-state index contributed by atoms with van der Waals surface area (Å²) in [7, 11) is -3.81. The molecule has 0 fully saturated rings. The standard InChI is InChI=1S/C15H14N2O4S3/c1-2-21-13(18)10-17-11-6-3-4-7-12(11)23-15(17)16-24(19,20)14-8-5-9-22-14/h3-9H,2,10H2,1H3. The van der Waals surface area contributed by atoms with E-state index in [1.165, 1.54) is 17.4 Å². The highest BCUT2D eigenvalue weighted by Crippen LogP contribution is 2.20. The van der Waals surface area contributed by atoms with E-state index in [-0.39, 0.29) is 22.2 Å². The summed E-state index contributed by atoms with van der Waals surface area (Å²) >= 11 is 2.33. The molecule has 2 aromatic heterocycles. The zero-order valence-electron chi connectivity index (χ0n) is 12.7. The molecule has 0 bridgehead atoms. The van der Waals surface area contributed by atoms with E-state index in [0.717, 1.165) is 21.6 Å². The van der Waals surface area contributed by atoms with Crippen molar-refractivity contribution in [3.8, 4) is 0 Å². The van der Waals surface area contributed by atoms with Crippen LogP contribution in [0.3, 0.4) is 0 Å². The van der Waals surface area contributed by atoms with Crippen molar-refractivity contribution in [1.82, 2.24) is 4.57 Å². The van der Waals surface area contributed by atoms with Gasteiger partial charge in [-0.2, -0.15) is 8.42 Å². The van der Waals surface area contributed by atoms with E-state index in [1.807, 2.05) is 24.3 Å². The van der Waals surface area contributed by atoms with Crippen LogP contribution >= 0.6 is 22.7 Å². The Labute approximate surface area is 146 Å². The lowest BCUT2D eigenvalue weighted by atomic mass is 10.3. The van der Waals surface area contributed by atoms with Crippen LogP contribution in [0.25, 0.3) is 10.2 Å². The summed E-state index contributed by atoms with van der Waals surface area (Å²) in [5.74, 6) is -0.434. The van der Waals surface area contributed by atoms with E-state index in [2.05, 4.69) is 4.40 Å². The van der Waals surface area contributed by atoms with E-state index in [0.29, 0.717) is 0 Å². The van der Waals surface area contributed by atoms with Crippen molar-refractivity contribution in [2.45, 2.75) is 17.7 Å². The number of benzene rings is 1. The Kier molecular flexibility index (Phi) is 4.83. The second-order valence-corrected chi connectivity index (χ2v) is 8.53. The second-order valence-electron chi connectivity index (χ2n) is 4.74. The number of para-hydroxylation sites is 1. The van der Waals surface area contributed by atoms with Crippen molar-refractivity contribution in [3.05, 3.63) is 46.6 Å². The topological polar surface area (TPSA) is 77.7 Å². The van der Waals surface area contributed by atoms with Crippen LogP contribution in [0.1, 0.15) is 6.92 Å². The maximum Gasteiger partial charge on any atom is 0.326 e. The summed E-state index contributed by atoms with van der Waals surface area (Å²) in [4.78, 5) is 12.1. The third kappa shape index (κ3) is 3.42. The number of nitrogens with zero attached hydrogens (tertiary/aromatic N) is 2. The van der Waals surface area contributed by atoms with Gasteiger partial charge in [0.25, 0.3) is 10.0 Å². The summed E-state index contributed by atoms with van der Waals surface area (Å²) < 4.78 is 36.4. The third-order valence-electron chi connectivity index (χ3n) is 3.13. The van der Waals surface area contributed by atoms with E-state index >= 15 is 0 Å². The van der Waals surface area contributed by atoms with Crippen LogP contribution in [0.5, 0.6) is 0 Å². The maximum absolute atomic E-state index is 12.4. The largest absolute Gasteiger partial charge is 0.465 e. The molecule has 3 rings (SSSR count). The molecule has 0 atom stereocenters. The number of carbonyl (C=O) groups is 1.